The molecule has 17 nitrogen and oxygen atoms in total. The molecular formula is C54H65N11O6S. The van der Waals surface area contributed by atoms with Crippen LogP contribution >= 0.6 is 11.3 Å². The number of aliphatic hydroxyl groups excluding tert-OH is 1. The quantitative estimate of drug-likeness (QED) is 0.0717. The van der Waals surface area contributed by atoms with Gasteiger partial charge in [0, 0.05) is 87.2 Å². The van der Waals surface area contributed by atoms with Gasteiger partial charge in [0.25, 0.3) is 5.88 Å². The third-order valence-corrected chi connectivity index (χ3v) is 15.4. The second-order valence-corrected chi connectivity index (χ2v) is 20.6. The number of likely N-dealkylation sites (tertiary alicyclic amines) is 1. The van der Waals surface area contributed by atoms with E-state index in [-0.39, 0.29) is 60.3 Å². The average Bonchev–Trinajstić information content (AvgIpc) is 4.21. The van der Waals surface area contributed by atoms with Crippen LogP contribution in [-0.4, -0.2) is 131 Å². The Hall–Kier alpha value is -6.73. The molecule has 6 aromatic rings. The van der Waals surface area contributed by atoms with Gasteiger partial charge in [-0.25, -0.2) is 4.98 Å². The van der Waals surface area contributed by atoms with Gasteiger partial charge in [-0.2, -0.15) is 5.10 Å². The number of benzene rings is 2. The zero-order valence-corrected chi connectivity index (χ0v) is 42.6. The van der Waals surface area contributed by atoms with E-state index in [1.807, 2.05) is 56.2 Å². The number of rotatable bonds is 17. The first-order valence-corrected chi connectivity index (χ1v) is 25.8. The fourth-order valence-corrected chi connectivity index (χ4v) is 11.1. The highest BCUT2D eigenvalue weighted by Gasteiger charge is 2.44. The largest absolute Gasteiger partial charge is 0.507 e. The maximum Gasteiger partial charge on any atom is 0.254 e. The first-order valence-electron chi connectivity index (χ1n) is 24.9. The van der Waals surface area contributed by atoms with Gasteiger partial charge in [-0.3, -0.25) is 24.1 Å². The maximum absolute atomic E-state index is 14.3. The van der Waals surface area contributed by atoms with Crippen molar-refractivity contribution in [2.24, 2.45) is 11.8 Å². The number of anilines is 1. The van der Waals surface area contributed by atoms with Crippen molar-refractivity contribution < 1.29 is 29.1 Å². The Morgan fingerprint density at radius 1 is 0.986 bits per heavy atom. The normalized spacial score (nSPS) is 20.0. The van der Waals surface area contributed by atoms with Gasteiger partial charge in [-0.05, 0) is 84.7 Å². The number of para-hydroxylation sites is 1. The molecule has 0 spiro atoms. The number of β-amino-alcohol motifs (C(OH)–C–C–N with tert-alkyl or cyclic N) is 1. The van der Waals surface area contributed by atoms with Crippen molar-refractivity contribution in [3.05, 3.63) is 124 Å². The molecule has 1 aliphatic carbocycles. The molecule has 4 aromatic heterocycles. The highest BCUT2D eigenvalue weighted by atomic mass is 32.1. The maximum atomic E-state index is 14.3. The lowest BCUT2D eigenvalue weighted by Gasteiger charge is -2.34. The van der Waals surface area contributed by atoms with E-state index in [0.29, 0.717) is 41.6 Å². The fourth-order valence-electron chi connectivity index (χ4n) is 10.2. The summed E-state index contributed by atoms with van der Waals surface area (Å²) in [6.07, 6.45) is 8.15. The fraction of sp³-hybridized carbons (Fsp3) is 0.426. The first kappa shape index (κ1) is 50.2. The molecule has 0 saturated carbocycles. The molecule has 2 aliphatic heterocycles. The summed E-state index contributed by atoms with van der Waals surface area (Å²) < 4.78 is 13.7. The van der Waals surface area contributed by atoms with Crippen molar-refractivity contribution in [2.75, 3.05) is 51.6 Å². The average molecular weight is 996 g/mol. The Morgan fingerprint density at radius 2 is 1.75 bits per heavy atom. The topological polar surface area (TPSA) is 214 Å². The van der Waals surface area contributed by atoms with Crippen LogP contribution in [0.5, 0.6) is 11.6 Å². The van der Waals surface area contributed by atoms with Crippen molar-refractivity contribution in [1.82, 2.24) is 50.1 Å². The number of aryl methyl sites for hydroxylation is 1. The minimum atomic E-state index is -0.817. The molecule has 378 valence electrons. The van der Waals surface area contributed by atoms with E-state index in [1.165, 1.54) is 20.9 Å². The van der Waals surface area contributed by atoms with E-state index in [2.05, 4.69) is 90.8 Å². The number of carbonyl (C=O) groups is 2. The molecule has 0 bridgehead atoms. The van der Waals surface area contributed by atoms with E-state index < -0.39 is 18.1 Å². The second-order valence-electron chi connectivity index (χ2n) is 19.8. The van der Waals surface area contributed by atoms with Gasteiger partial charge in [-0.1, -0.05) is 69.3 Å². The number of aliphatic hydroxyl groups is 1. The van der Waals surface area contributed by atoms with E-state index in [0.717, 1.165) is 61.5 Å². The molecule has 2 fully saturated rings. The molecule has 6 atom stereocenters. The van der Waals surface area contributed by atoms with Crippen LogP contribution in [0.1, 0.15) is 86.9 Å². The zero-order valence-electron chi connectivity index (χ0n) is 41.8. The van der Waals surface area contributed by atoms with Crippen LogP contribution in [0, 0.1) is 18.8 Å². The zero-order chi connectivity index (χ0) is 50.6. The summed E-state index contributed by atoms with van der Waals surface area (Å²) in [5.41, 5.74) is 16.5. The van der Waals surface area contributed by atoms with Gasteiger partial charge < -0.3 is 35.4 Å². The van der Waals surface area contributed by atoms with Crippen molar-refractivity contribution >= 4 is 34.5 Å². The van der Waals surface area contributed by atoms with E-state index in [9.17, 15) is 19.8 Å². The first-order chi connectivity index (χ1) is 34.7. The lowest BCUT2D eigenvalue weighted by Crippen LogP contribution is -2.50. The number of nitrogens with zero attached hydrogens (tertiary/aromatic N) is 9. The van der Waals surface area contributed by atoms with Gasteiger partial charge in [-0.15, -0.1) is 21.5 Å². The monoisotopic (exact) mass is 995 g/mol. The van der Waals surface area contributed by atoms with E-state index in [1.54, 1.807) is 41.8 Å². The third kappa shape index (κ3) is 11.2. The SMILES string of the molecule is Cc1ncsc1C1=CC=C([C@H](C)NC(=O)[C@@H]2C[C@@H](O)CN2C(=O)[C@@H](c2cc(OCCN3CCN(Cc4ccc(C(C)n5cc(-c6cc(-c7ccccc7O)nnc6N)cn5)cc4)CC3)no2)C(C)C)C(C)C1. The number of piperazine rings is 1. The van der Waals surface area contributed by atoms with Crippen molar-refractivity contribution in [3.8, 4) is 34.0 Å². The highest BCUT2D eigenvalue weighted by molar-refractivity contribution is 7.10. The number of thiazole rings is 1. The molecule has 6 heterocycles. The molecule has 2 saturated heterocycles. The van der Waals surface area contributed by atoms with Gasteiger partial charge in [0.15, 0.2) is 11.6 Å². The summed E-state index contributed by atoms with van der Waals surface area (Å²) in [5.74, 6) is -0.147. The molecule has 2 aromatic carbocycles. The van der Waals surface area contributed by atoms with E-state index in [4.69, 9.17) is 15.0 Å². The van der Waals surface area contributed by atoms with E-state index >= 15 is 0 Å². The predicted octanol–water partition coefficient (Wildman–Crippen LogP) is 7.11. The van der Waals surface area contributed by atoms with Gasteiger partial charge in [0.05, 0.1) is 40.1 Å². The molecule has 5 N–H and O–H groups in total. The van der Waals surface area contributed by atoms with Crippen LogP contribution in [0.3, 0.4) is 0 Å². The van der Waals surface area contributed by atoms with Crippen molar-refractivity contribution in [3.63, 3.8) is 0 Å². The standard InChI is InChI=1S/C54H65N11O6S/c1-32(2)50(54(69)64-30-41(66)24-46(64)53(68)58-34(4)42-16-15-39(23-33(42)3)51-35(5)56-31-72-51)48-26-49(61-71-48)70-22-21-62-17-19-63(20-18-62)28-37-11-13-38(14-12-37)36(6)65-29-40(27-57-65)44-25-45(59-60-52(44)55)43-9-7-8-10-47(43)67/h7-16,25-27,29,31-34,36,41,46,50,66-67H,17-24,28,30H2,1-6H3,(H2,55,60)(H,58,68)/t33?,34-,36?,41+,46-,50+/m0/s1. The molecule has 0 radical (unpaired) electrons. The number of carbonyl (C=O) groups excluding carboxylic acids is 2. The summed E-state index contributed by atoms with van der Waals surface area (Å²) >= 11 is 1.64. The molecule has 2 amide bonds. The number of nitrogens with two attached hydrogens (primary N) is 1. The summed E-state index contributed by atoms with van der Waals surface area (Å²) in [5, 5.41) is 41.5. The minimum absolute atomic E-state index is 0.0246. The number of hydrogen-bond donors (Lipinski definition) is 4. The van der Waals surface area contributed by atoms with Crippen LogP contribution in [0.15, 0.2) is 101 Å². The number of phenols is 1. The number of allylic oxidation sites excluding steroid dienone is 3. The number of aromatic hydroxyl groups is 1. The molecule has 9 rings (SSSR count). The highest BCUT2D eigenvalue weighted by Crippen LogP contribution is 2.37. The Balaban J connectivity index is 0.728. The third-order valence-electron chi connectivity index (χ3n) is 14.4. The second kappa shape index (κ2) is 21.9. The van der Waals surface area contributed by atoms with Gasteiger partial charge in [0.2, 0.25) is 11.8 Å². The smallest absolute Gasteiger partial charge is 0.254 e. The Kier molecular flexibility index (Phi) is 15.3. The number of hydrogen-bond acceptors (Lipinski definition) is 15. The molecule has 2 unspecified atom stereocenters. The number of aromatic nitrogens is 6. The number of ether oxygens (including phenoxy) is 1. The Bertz CT molecular complexity index is 2920. The Morgan fingerprint density at radius 3 is 2.47 bits per heavy atom. The van der Waals surface area contributed by atoms with Crippen LogP contribution in [-0.2, 0) is 16.1 Å². The van der Waals surface area contributed by atoms with Crippen LogP contribution in [0.2, 0.25) is 0 Å². The summed E-state index contributed by atoms with van der Waals surface area (Å²) in [6.45, 7) is 17.8. The van der Waals surface area contributed by atoms with Crippen molar-refractivity contribution in [1.29, 1.82) is 0 Å². The van der Waals surface area contributed by atoms with Crippen LogP contribution in [0.25, 0.3) is 28.0 Å². The summed E-state index contributed by atoms with van der Waals surface area (Å²) in [4.78, 5) is 40.1. The lowest BCUT2D eigenvalue weighted by molar-refractivity contribution is -0.141. The van der Waals surface area contributed by atoms with Gasteiger partial charge >= 0.3 is 0 Å². The van der Waals surface area contributed by atoms with Crippen LogP contribution in [0.4, 0.5) is 5.82 Å². The molecular weight excluding hydrogens is 931 g/mol. The lowest BCUT2D eigenvalue weighted by atomic mass is 9.84. The molecule has 72 heavy (non-hydrogen) atoms. The number of nitrogens with one attached hydrogen (secondary N) is 1. The Labute approximate surface area is 424 Å². The summed E-state index contributed by atoms with van der Waals surface area (Å²) in [6, 6.07) is 18.1. The summed E-state index contributed by atoms with van der Waals surface area (Å²) in [7, 11) is 0. The number of phenolic OH excluding ortho intramolecular Hbond substituents is 1. The molecule has 3 aliphatic rings. The number of amides is 2. The molecule has 18 heteroatoms. The predicted molar refractivity (Wildman–Crippen MR) is 277 cm³/mol. The number of nitrogen functional groups attached to an aromatic ring is 1. The minimum Gasteiger partial charge on any atom is -0.507 e. The van der Waals surface area contributed by atoms with Crippen molar-refractivity contribution in [2.45, 2.75) is 91.1 Å². The van der Waals surface area contributed by atoms with Crippen LogP contribution < -0.4 is 15.8 Å². The van der Waals surface area contributed by atoms with Gasteiger partial charge in [0.1, 0.15) is 24.3 Å².